The summed E-state index contributed by atoms with van der Waals surface area (Å²) in [5.74, 6) is 0.651. The van der Waals surface area contributed by atoms with Crippen molar-refractivity contribution in [2.24, 2.45) is 0 Å². The fourth-order valence-corrected chi connectivity index (χ4v) is 3.27. The van der Waals surface area contributed by atoms with Gasteiger partial charge in [-0.1, -0.05) is 19.3 Å². The monoisotopic (exact) mass is 355 g/mol. The first-order chi connectivity index (χ1) is 12.7. The van der Waals surface area contributed by atoms with Crippen molar-refractivity contribution in [2.45, 2.75) is 51.6 Å². The van der Waals surface area contributed by atoms with Crippen LogP contribution in [0.4, 0.5) is 0 Å². The molecular formula is C20H25N3O3. The van der Waals surface area contributed by atoms with E-state index >= 15 is 0 Å². The van der Waals surface area contributed by atoms with Gasteiger partial charge in [0.15, 0.2) is 0 Å². The summed E-state index contributed by atoms with van der Waals surface area (Å²) in [4.78, 5) is 28.8. The first kappa shape index (κ1) is 18.2. The van der Waals surface area contributed by atoms with Gasteiger partial charge >= 0.3 is 0 Å². The molecule has 1 N–H and O–H groups in total. The summed E-state index contributed by atoms with van der Waals surface area (Å²) in [6.07, 6.45) is 7.04. The van der Waals surface area contributed by atoms with Crippen LogP contribution in [-0.4, -0.2) is 28.1 Å². The van der Waals surface area contributed by atoms with Crippen molar-refractivity contribution < 1.29 is 9.53 Å². The predicted molar refractivity (Wildman–Crippen MR) is 100 cm³/mol. The van der Waals surface area contributed by atoms with Crippen molar-refractivity contribution in [1.29, 1.82) is 0 Å². The van der Waals surface area contributed by atoms with Gasteiger partial charge in [0.2, 0.25) is 5.91 Å². The highest BCUT2D eigenvalue weighted by molar-refractivity contribution is 5.76. The largest absolute Gasteiger partial charge is 0.494 e. The molecule has 138 valence electrons. The third-order valence-corrected chi connectivity index (χ3v) is 4.62. The molecule has 3 rings (SSSR count). The van der Waals surface area contributed by atoms with Gasteiger partial charge in [-0.25, -0.2) is 4.98 Å². The summed E-state index contributed by atoms with van der Waals surface area (Å²) in [7, 11) is 0. The molecule has 6 heteroatoms. The van der Waals surface area contributed by atoms with Crippen LogP contribution in [0.15, 0.2) is 41.5 Å². The number of nitrogens with zero attached hydrogens (tertiary/aromatic N) is 2. The van der Waals surface area contributed by atoms with Crippen LogP contribution in [0.1, 0.15) is 39.0 Å². The first-order valence-corrected chi connectivity index (χ1v) is 9.25. The van der Waals surface area contributed by atoms with Gasteiger partial charge in [-0.05, 0) is 44.0 Å². The molecule has 0 aliphatic heterocycles. The Morgan fingerprint density at radius 1 is 1.23 bits per heavy atom. The molecule has 1 aromatic heterocycles. The number of hydrogen-bond donors (Lipinski definition) is 1. The van der Waals surface area contributed by atoms with E-state index in [1.54, 1.807) is 0 Å². The number of ether oxygens (including phenoxy) is 1. The second kappa shape index (κ2) is 8.65. The standard InChI is InChI=1S/C20H25N3O3/c1-2-26-17-10-8-15(9-11-17)18-12-20(25)23(14-21-18)13-19(24)22-16-6-4-3-5-7-16/h8-12,14,16H,2-7,13H2,1H3,(H,22,24). The molecule has 1 heterocycles. The maximum absolute atomic E-state index is 12.3. The van der Waals surface area contributed by atoms with Gasteiger partial charge in [-0.2, -0.15) is 0 Å². The van der Waals surface area contributed by atoms with Gasteiger partial charge in [0.25, 0.3) is 5.56 Å². The maximum Gasteiger partial charge on any atom is 0.254 e. The van der Waals surface area contributed by atoms with Crippen LogP contribution < -0.4 is 15.6 Å². The van der Waals surface area contributed by atoms with Crippen LogP contribution in [0.5, 0.6) is 5.75 Å². The quantitative estimate of drug-likeness (QED) is 0.865. The van der Waals surface area contributed by atoms with E-state index in [1.807, 2.05) is 31.2 Å². The van der Waals surface area contributed by atoms with Crippen molar-refractivity contribution >= 4 is 5.91 Å². The van der Waals surface area contributed by atoms with Crippen LogP contribution in [0.25, 0.3) is 11.3 Å². The Hall–Kier alpha value is -2.63. The Morgan fingerprint density at radius 3 is 2.62 bits per heavy atom. The van der Waals surface area contributed by atoms with Crippen LogP contribution in [0.3, 0.4) is 0 Å². The summed E-state index contributed by atoms with van der Waals surface area (Å²) in [5, 5.41) is 3.02. The van der Waals surface area contributed by atoms with Crippen molar-refractivity contribution in [3.63, 3.8) is 0 Å². The average Bonchev–Trinajstić information content (AvgIpc) is 2.65. The molecule has 0 atom stereocenters. The van der Waals surface area contributed by atoms with Crippen LogP contribution in [-0.2, 0) is 11.3 Å². The third kappa shape index (κ3) is 4.71. The molecule has 0 radical (unpaired) electrons. The van der Waals surface area contributed by atoms with E-state index in [2.05, 4.69) is 10.3 Å². The molecule has 26 heavy (non-hydrogen) atoms. The number of nitrogens with one attached hydrogen (secondary N) is 1. The third-order valence-electron chi connectivity index (χ3n) is 4.62. The fraction of sp³-hybridized carbons (Fsp3) is 0.450. The lowest BCUT2D eigenvalue weighted by Crippen LogP contribution is -2.39. The minimum Gasteiger partial charge on any atom is -0.494 e. The maximum atomic E-state index is 12.3. The molecule has 1 aliphatic carbocycles. The Kier molecular flexibility index (Phi) is 6.04. The van der Waals surface area contributed by atoms with E-state index in [0.717, 1.165) is 37.0 Å². The number of amides is 1. The Bertz CT molecular complexity index is 793. The van der Waals surface area contributed by atoms with E-state index in [1.165, 1.54) is 23.4 Å². The first-order valence-electron chi connectivity index (χ1n) is 9.25. The summed E-state index contributed by atoms with van der Waals surface area (Å²) < 4.78 is 6.76. The minimum atomic E-state index is -0.234. The number of carbonyl (C=O) groups is 1. The lowest BCUT2D eigenvalue weighted by atomic mass is 9.95. The van der Waals surface area contributed by atoms with Gasteiger partial charge in [0.1, 0.15) is 12.3 Å². The summed E-state index contributed by atoms with van der Waals surface area (Å²) in [6.45, 7) is 2.54. The minimum absolute atomic E-state index is 0.00584. The summed E-state index contributed by atoms with van der Waals surface area (Å²) in [5.41, 5.74) is 1.19. The molecule has 6 nitrogen and oxygen atoms in total. The van der Waals surface area contributed by atoms with E-state index in [4.69, 9.17) is 4.74 Å². The van der Waals surface area contributed by atoms with Gasteiger partial charge in [0.05, 0.1) is 18.6 Å². The average molecular weight is 355 g/mol. The highest BCUT2D eigenvalue weighted by atomic mass is 16.5. The van der Waals surface area contributed by atoms with E-state index in [0.29, 0.717) is 12.3 Å². The molecule has 1 amide bonds. The Labute approximate surface area is 153 Å². The van der Waals surface area contributed by atoms with Crippen LogP contribution in [0.2, 0.25) is 0 Å². The van der Waals surface area contributed by atoms with Gasteiger partial charge in [-0.3, -0.25) is 14.2 Å². The lowest BCUT2D eigenvalue weighted by molar-refractivity contribution is -0.122. The Balaban J connectivity index is 1.65. The molecule has 1 saturated carbocycles. The van der Waals surface area contributed by atoms with Crippen molar-refractivity contribution in [3.05, 3.63) is 47.0 Å². The summed E-state index contributed by atoms with van der Waals surface area (Å²) in [6, 6.07) is 9.14. The van der Waals surface area contributed by atoms with Crippen molar-refractivity contribution in [2.75, 3.05) is 6.61 Å². The number of benzene rings is 1. The van der Waals surface area contributed by atoms with Gasteiger partial charge in [0, 0.05) is 17.7 Å². The lowest BCUT2D eigenvalue weighted by Gasteiger charge is -2.22. The number of carbonyl (C=O) groups excluding carboxylic acids is 1. The highest BCUT2D eigenvalue weighted by Crippen LogP contribution is 2.19. The topological polar surface area (TPSA) is 73.2 Å². The van der Waals surface area contributed by atoms with Crippen LogP contribution >= 0.6 is 0 Å². The van der Waals surface area contributed by atoms with Crippen molar-refractivity contribution in [1.82, 2.24) is 14.9 Å². The molecule has 1 fully saturated rings. The molecular weight excluding hydrogens is 330 g/mol. The SMILES string of the molecule is CCOc1ccc(-c2cc(=O)n(CC(=O)NC3CCCCC3)cn2)cc1. The molecule has 0 bridgehead atoms. The van der Waals surface area contributed by atoms with Gasteiger partial charge in [-0.15, -0.1) is 0 Å². The van der Waals surface area contributed by atoms with E-state index in [9.17, 15) is 9.59 Å². The smallest absolute Gasteiger partial charge is 0.254 e. The molecule has 1 aromatic carbocycles. The van der Waals surface area contributed by atoms with E-state index < -0.39 is 0 Å². The number of rotatable bonds is 6. The molecule has 0 unspecified atom stereocenters. The second-order valence-electron chi connectivity index (χ2n) is 6.60. The normalized spacial score (nSPS) is 14.8. The van der Waals surface area contributed by atoms with E-state index in [-0.39, 0.29) is 24.1 Å². The van der Waals surface area contributed by atoms with Gasteiger partial charge < -0.3 is 10.1 Å². The summed E-state index contributed by atoms with van der Waals surface area (Å²) >= 11 is 0. The zero-order valence-corrected chi connectivity index (χ0v) is 15.1. The molecule has 1 aliphatic rings. The number of aromatic nitrogens is 2. The van der Waals surface area contributed by atoms with Crippen LogP contribution in [0, 0.1) is 0 Å². The molecule has 0 saturated heterocycles. The zero-order valence-electron chi connectivity index (χ0n) is 15.1. The number of hydrogen-bond acceptors (Lipinski definition) is 4. The molecule has 0 spiro atoms. The zero-order chi connectivity index (χ0) is 18.4. The predicted octanol–water partition coefficient (Wildman–Crippen LogP) is 2.76. The highest BCUT2D eigenvalue weighted by Gasteiger charge is 2.16. The Morgan fingerprint density at radius 2 is 1.96 bits per heavy atom. The van der Waals surface area contributed by atoms with Crippen molar-refractivity contribution in [3.8, 4) is 17.0 Å². The molecule has 2 aromatic rings. The second-order valence-corrected chi connectivity index (χ2v) is 6.60. The fourth-order valence-electron chi connectivity index (χ4n) is 3.27.